The Labute approximate surface area is 147 Å². The van der Waals surface area contributed by atoms with Crippen molar-refractivity contribution in [1.82, 2.24) is 15.6 Å². The van der Waals surface area contributed by atoms with Crippen molar-refractivity contribution in [3.05, 3.63) is 28.5 Å². The Morgan fingerprint density at radius 1 is 1.26 bits per heavy atom. The van der Waals surface area contributed by atoms with Gasteiger partial charge in [-0.15, -0.1) is 0 Å². The average Bonchev–Trinajstić information content (AvgIpc) is 2.46. The molecule has 130 valence electrons. The number of halogens is 1. The maximum Gasteiger partial charge on any atom is 0.407 e. The molecule has 1 aromatic rings. The van der Waals surface area contributed by atoms with Gasteiger partial charge in [0.25, 0.3) is 0 Å². The maximum absolute atomic E-state index is 11.9. The summed E-state index contributed by atoms with van der Waals surface area (Å²) in [5.74, 6) is 0. The normalized spacial score (nSPS) is 12.1. The van der Waals surface area contributed by atoms with E-state index in [1.165, 1.54) is 0 Å². The Bertz CT molecular complexity index is 511. The molecule has 23 heavy (non-hydrogen) atoms. The van der Waals surface area contributed by atoms with E-state index in [1.54, 1.807) is 0 Å². The Kier molecular flexibility index (Phi) is 7.48. The van der Waals surface area contributed by atoms with Crippen molar-refractivity contribution < 1.29 is 9.53 Å². The molecule has 0 saturated carbocycles. The second-order valence-corrected chi connectivity index (χ2v) is 7.46. The third kappa shape index (κ3) is 7.31. The van der Waals surface area contributed by atoms with Gasteiger partial charge in [-0.25, -0.2) is 9.78 Å². The molecular formula is C17H28BrN3O2. The van der Waals surface area contributed by atoms with Gasteiger partial charge in [0.15, 0.2) is 0 Å². The van der Waals surface area contributed by atoms with Gasteiger partial charge < -0.3 is 15.4 Å². The molecule has 1 heterocycles. The summed E-state index contributed by atoms with van der Waals surface area (Å²) in [6, 6.07) is 5.85. The first kappa shape index (κ1) is 19.9. The van der Waals surface area contributed by atoms with Gasteiger partial charge in [-0.1, -0.05) is 19.9 Å². The number of hydrogen-bond acceptors (Lipinski definition) is 4. The number of ether oxygens (including phenoxy) is 1. The summed E-state index contributed by atoms with van der Waals surface area (Å²) >= 11 is 3.38. The molecule has 0 aliphatic heterocycles. The molecule has 0 saturated heterocycles. The number of carbonyl (C=O) groups excluding carboxylic acids is 1. The van der Waals surface area contributed by atoms with Crippen LogP contribution in [0.2, 0.25) is 0 Å². The fourth-order valence-electron chi connectivity index (χ4n) is 2.19. The fourth-order valence-corrected chi connectivity index (χ4v) is 2.58. The van der Waals surface area contributed by atoms with E-state index in [0.717, 1.165) is 23.1 Å². The lowest BCUT2D eigenvalue weighted by atomic mass is 9.92. The molecule has 0 aliphatic carbocycles. The van der Waals surface area contributed by atoms with Crippen LogP contribution in [0.15, 0.2) is 22.8 Å². The standard InChI is InChI=1S/C17H28BrN3O2/c1-6-17(7-2,12-19-15(22)23-16(3,4)5)20-11-13-9-8-10-14(18)21-13/h8-10,20H,6-7,11-12H2,1-5H3,(H,19,22). The van der Waals surface area contributed by atoms with Gasteiger partial charge in [-0.2, -0.15) is 0 Å². The van der Waals surface area contributed by atoms with E-state index in [4.69, 9.17) is 4.74 Å². The second kappa shape index (κ2) is 8.64. The van der Waals surface area contributed by atoms with E-state index in [2.05, 4.69) is 45.4 Å². The molecular weight excluding hydrogens is 358 g/mol. The highest BCUT2D eigenvalue weighted by atomic mass is 79.9. The highest BCUT2D eigenvalue weighted by molar-refractivity contribution is 9.10. The Balaban J connectivity index is 2.62. The first-order chi connectivity index (χ1) is 10.7. The number of aromatic nitrogens is 1. The van der Waals surface area contributed by atoms with Crippen LogP contribution in [0.25, 0.3) is 0 Å². The number of pyridine rings is 1. The SMILES string of the molecule is CCC(CC)(CNC(=O)OC(C)(C)C)NCc1cccc(Br)n1. The molecule has 0 unspecified atom stereocenters. The van der Waals surface area contributed by atoms with Gasteiger partial charge in [-0.3, -0.25) is 0 Å². The van der Waals surface area contributed by atoms with E-state index in [0.29, 0.717) is 13.1 Å². The lowest BCUT2D eigenvalue weighted by Gasteiger charge is -2.33. The third-order valence-electron chi connectivity index (χ3n) is 3.74. The van der Waals surface area contributed by atoms with Crippen LogP contribution in [0.3, 0.4) is 0 Å². The molecule has 0 aliphatic rings. The van der Waals surface area contributed by atoms with E-state index in [1.807, 2.05) is 39.0 Å². The topological polar surface area (TPSA) is 63.2 Å². The quantitative estimate of drug-likeness (QED) is 0.695. The van der Waals surface area contributed by atoms with Crippen molar-refractivity contribution >= 4 is 22.0 Å². The number of alkyl carbamates (subject to hydrolysis) is 1. The van der Waals surface area contributed by atoms with Crippen molar-refractivity contribution in [2.75, 3.05) is 6.54 Å². The molecule has 0 aromatic carbocycles. The minimum Gasteiger partial charge on any atom is -0.444 e. The maximum atomic E-state index is 11.9. The molecule has 5 nitrogen and oxygen atoms in total. The fraction of sp³-hybridized carbons (Fsp3) is 0.647. The predicted molar refractivity (Wildman–Crippen MR) is 96.3 cm³/mol. The highest BCUT2D eigenvalue weighted by Crippen LogP contribution is 2.16. The predicted octanol–water partition coefficient (Wildman–Crippen LogP) is 4.02. The van der Waals surface area contributed by atoms with Crippen LogP contribution in [-0.2, 0) is 11.3 Å². The summed E-state index contributed by atoms with van der Waals surface area (Å²) in [4.78, 5) is 16.3. The molecule has 0 spiro atoms. The molecule has 6 heteroatoms. The molecule has 2 N–H and O–H groups in total. The van der Waals surface area contributed by atoms with Crippen molar-refractivity contribution in [2.24, 2.45) is 0 Å². The first-order valence-corrected chi connectivity index (χ1v) is 8.82. The zero-order chi connectivity index (χ0) is 17.5. The van der Waals surface area contributed by atoms with Gasteiger partial charge in [-0.05, 0) is 61.7 Å². The summed E-state index contributed by atoms with van der Waals surface area (Å²) in [5, 5.41) is 6.42. The monoisotopic (exact) mass is 385 g/mol. The minimum atomic E-state index is -0.487. The number of hydrogen-bond donors (Lipinski definition) is 2. The van der Waals surface area contributed by atoms with Gasteiger partial charge in [0.05, 0.1) is 5.69 Å². The smallest absolute Gasteiger partial charge is 0.407 e. The molecule has 0 radical (unpaired) electrons. The second-order valence-electron chi connectivity index (χ2n) is 6.65. The van der Waals surface area contributed by atoms with Crippen LogP contribution in [0, 0.1) is 0 Å². The van der Waals surface area contributed by atoms with E-state index in [-0.39, 0.29) is 11.6 Å². The van der Waals surface area contributed by atoms with E-state index < -0.39 is 5.60 Å². The Morgan fingerprint density at radius 3 is 2.43 bits per heavy atom. The lowest BCUT2D eigenvalue weighted by Crippen LogP contribution is -2.53. The highest BCUT2D eigenvalue weighted by Gasteiger charge is 2.27. The van der Waals surface area contributed by atoms with E-state index >= 15 is 0 Å². The summed E-state index contributed by atoms with van der Waals surface area (Å²) < 4.78 is 6.13. The summed E-state index contributed by atoms with van der Waals surface area (Å²) in [7, 11) is 0. The minimum absolute atomic E-state index is 0.180. The van der Waals surface area contributed by atoms with Crippen LogP contribution in [0.4, 0.5) is 4.79 Å². The first-order valence-electron chi connectivity index (χ1n) is 8.03. The molecule has 0 atom stereocenters. The van der Waals surface area contributed by atoms with Gasteiger partial charge in [0, 0.05) is 18.6 Å². The van der Waals surface area contributed by atoms with E-state index in [9.17, 15) is 4.79 Å². The summed E-state index contributed by atoms with van der Waals surface area (Å²) in [5.41, 5.74) is 0.294. The molecule has 0 bridgehead atoms. The van der Waals surface area contributed by atoms with Crippen LogP contribution in [-0.4, -0.2) is 28.8 Å². The number of nitrogens with zero attached hydrogens (tertiary/aromatic N) is 1. The largest absolute Gasteiger partial charge is 0.444 e. The lowest BCUT2D eigenvalue weighted by molar-refractivity contribution is 0.0507. The van der Waals surface area contributed by atoms with Crippen molar-refractivity contribution in [1.29, 1.82) is 0 Å². The molecule has 1 rings (SSSR count). The number of amides is 1. The zero-order valence-corrected chi connectivity index (χ0v) is 16.3. The zero-order valence-electron chi connectivity index (χ0n) is 14.7. The van der Waals surface area contributed by atoms with Crippen LogP contribution >= 0.6 is 15.9 Å². The van der Waals surface area contributed by atoms with Crippen LogP contribution < -0.4 is 10.6 Å². The third-order valence-corrected chi connectivity index (χ3v) is 4.18. The van der Waals surface area contributed by atoms with Gasteiger partial charge in [0.2, 0.25) is 0 Å². The van der Waals surface area contributed by atoms with Crippen molar-refractivity contribution in [2.45, 2.75) is 65.1 Å². The van der Waals surface area contributed by atoms with Crippen LogP contribution in [0.1, 0.15) is 53.2 Å². The number of nitrogens with one attached hydrogen (secondary N) is 2. The Morgan fingerprint density at radius 2 is 1.91 bits per heavy atom. The van der Waals surface area contributed by atoms with Gasteiger partial charge in [0.1, 0.15) is 10.2 Å². The molecule has 0 fully saturated rings. The molecule has 1 aromatic heterocycles. The number of carbonyl (C=O) groups is 1. The van der Waals surface area contributed by atoms with Crippen LogP contribution in [0.5, 0.6) is 0 Å². The van der Waals surface area contributed by atoms with Gasteiger partial charge >= 0.3 is 6.09 Å². The Hall–Kier alpha value is -1.14. The summed E-state index contributed by atoms with van der Waals surface area (Å²) in [6.07, 6.45) is 1.41. The summed E-state index contributed by atoms with van der Waals surface area (Å²) in [6.45, 7) is 11.0. The van der Waals surface area contributed by atoms with Crippen molar-refractivity contribution in [3.63, 3.8) is 0 Å². The number of rotatable bonds is 7. The van der Waals surface area contributed by atoms with Crippen molar-refractivity contribution in [3.8, 4) is 0 Å². The molecule has 1 amide bonds. The average molecular weight is 386 g/mol.